The molecule has 23 nitrogen and oxygen atoms in total. The fourth-order valence-corrected chi connectivity index (χ4v) is 22.4. The highest BCUT2D eigenvalue weighted by atomic mass is 16.6. The molecule has 0 aliphatic carbocycles. The van der Waals surface area contributed by atoms with Crippen LogP contribution in [0.3, 0.4) is 0 Å². The van der Waals surface area contributed by atoms with Gasteiger partial charge in [0.2, 0.25) is 0 Å². The van der Waals surface area contributed by atoms with Crippen molar-refractivity contribution in [3.05, 3.63) is 0 Å². The average molecular weight is 1770 g/mol. The van der Waals surface area contributed by atoms with E-state index in [1.54, 1.807) is 21.3 Å². The van der Waals surface area contributed by atoms with Crippen molar-refractivity contribution >= 4 is 35.8 Å². The Balaban J connectivity index is 0.000000395. The van der Waals surface area contributed by atoms with Crippen molar-refractivity contribution in [3.63, 3.8) is 0 Å². The van der Waals surface area contributed by atoms with Crippen molar-refractivity contribution in [2.24, 2.45) is 16.2 Å². The molecule has 0 amide bonds. The Morgan fingerprint density at radius 1 is 0.256 bits per heavy atom. The van der Waals surface area contributed by atoms with Gasteiger partial charge >= 0.3 is 35.8 Å². The topological polar surface area (TPSA) is 259 Å². The van der Waals surface area contributed by atoms with Crippen LogP contribution >= 0.6 is 0 Å². The van der Waals surface area contributed by atoms with Crippen molar-refractivity contribution in [3.8, 4) is 0 Å². The zero-order chi connectivity index (χ0) is 94.6. The third-order valence-corrected chi connectivity index (χ3v) is 27.8. The molecule has 6 rings (SSSR count). The molecule has 0 aromatic heterocycles. The van der Waals surface area contributed by atoms with Gasteiger partial charge in [-0.15, -0.1) is 0 Å². The van der Waals surface area contributed by atoms with Crippen molar-refractivity contribution < 1.29 is 80.9 Å². The molecule has 732 valence electrons. The lowest BCUT2D eigenvalue weighted by molar-refractivity contribution is -0.188. The molecule has 6 fully saturated rings. The molecule has 0 saturated carbocycles. The van der Waals surface area contributed by atoms with Gasteiger partial charge < -0.3 is 73.4 Å². The summed E-state index contributed by atoms with van der Waals surface area (Å²) in [6.07, 6.45) is 27.9. The maximum atomic E-state index is 14.4. The summed E-state index contributed by atoms with van der Waals surface area (Å²) in [5, 5.41) is 14.7. The van der Waals surface area contributed by atoms with Gasteiger partial charge in [-0.1, -0.05) is 104 Å². The lowest BCUT2D eigenvalue weighted by Crippen LogP contribution is -2.61. The van der Waals surface area contributed by atoms with E-state index in [0.29, 0.717) is 142 Å². The van der Waals surface area contributed by atoms with Gasteiger partial charge in [0.05, 0.1) is 38.6 Å². The van der Waals surface area contributed by atoms with Crippen LogP contribution in [-0.2, 0) is 80.9 Å². The monoisotopic (exact) mass is 1770 g/mol. The summed E-state index contributed by atoms with van der Waals surface area (Å²) in [7, 11) is 9.25. The number of unbranched alkanes of at least 4 members (excludes halogenated alkanes) is 10. The molecule has 2 unspecified atom stereocenters. The van der Waals surface area contributed by atoms with Crippen molar-refractivity contribution in [1.29, 1.82) is 0 Å². The SMILES string of the molecule is CCCCC(CCCOC)(C(=O)OC1CC(C)(C)NC(C)(C)C1)C(=O)OC1CC(C)(C)N(C)C(C)(C)C1.CCCCC(CCCOC)(C(=O)OCCCOC1CC(C)(C)NC(C)(C)C1)C(=O)OCCCOC1CC(C)(C)N(C)C(C)(C)C1.CCCCCCCCCCCC(CCCOC)(C(=O)OC1CC(C)(C)NC(C)(C)C1)C(=O)OC1CC(C)(C)NC(C)(C)C1. The van der Waals surface area contributed by atoms with E-state index >= 15 is 0 Å². The molecule has 6 heterocycles. The lowest BCUT2D eigenvalue weighted by atomic mass is 9.76. The number of ether oxygens (including phenoxy) is 11. The average Bonchev–Trinajstić information content (AvgIpc) is 0.760. The van der Waals surface area contributed by atoms with E-state index < -0.39 is 52.1 Å². The fraction of sp³-hybridized carbons (Fsp3) is 0.941. The molecular formula is C102H192N6O17. The fourth-order valence-electron chi connectivity index (χ4n) is 22.4. The minimum Gasteiger partial charge on any atom is -0.465 e. The van der Waals surface area contributed by atoms with Crippen LogP contribution in [0, 0.1) is 16.2 Å². The summed E-state index contributed by atoms with van der Waals surface area (Å²) in [5.41, 5.74) is -5.12. The second-order valence-corrected chi connectivity index (χ2v) is 46.8. The molecule has 125 heavy (non-hydrogen) atoms. The number of rotatable bonds is 48. The quantitative estimate of drug-likeness (QED) is 0.0191. The number of nitrogens with zero attached hydrogens (tertiary/aromatic N) is 2. The van der Waals surface area contributed by atoms with Gasteiger partial charge in [0.1, 0.15) is 24.4 Å². The molecular weight excluding hydrogens is 1580 g/mol. The number of carbonyl (C=O) groups excluding carboxylic acids is 6. The first-order valence-corrected chi connectivity index (χ1v) is 49.3. The Kier molecular flexibility index (Phi) is 44.9. The molecule has 23 heteroatoms. The smallest absolute Gasteiger partial charge is 0.323 e. The summed E-state index contributed by atoms with van der Waals surface area (Å²) in [6, 6.07) is 0. The maximum Gasteiger partial charge on any atom is 0.323 e. The molecule has 4 N–H and O–H groups in total. The summed E-state index contributed by atoms with van der Waals surface area (Å²) in [6.45, 7) is 61.6. The third kappa shape index (κ3) is 37.4. The van der Waals surface area contributed by atoms with Crippen LogP contribution in [0.15, 0.2) is 0 Å². The summed E-state index contributed by atoms with van der Waals surface area (Å²) in [4.78, 5) is 88.9. The Morgan fingerprint density at radius 3 is 0.728 bits per heavy atom. The van der Waals surface area contributed by atoms with E-state index in [-0.39, 0.29) is 116 Å². The van der Waals surface area contributed by atoms with Gasteiger partial charge in [0.15, 0.2) is 16.2 Å². The summed E-state index contributed by atoms with van der Waals surface area (Å²) in [5.74, 6) is -2.64. The Labute approximate surface area is 763 Å². The second-order valence-electron chi connectivity index (χ2n) is 46.8. The van der Waals surface area contributed by atoms with E-state index in [1.165, 1.54) is 38.5 Å². The Hall–Kier alpha value is -3.62. The standard InChI is InChI=1S/C36H68N2O7.C36H68N2O5.C30H56N2O5/c1-12-13-17-36(18-14-19-41-11,30(39)44-22-15-20-42-28-24-32(2,3)37-33(4,5)25-28)31(40)45-23-16-21-43-29-26-34(6,7)38(10)35(8,9)27-29;1-11-12-13-14-15-16-17-18-19-21-36(22-20-23-41-10,30(39)42-28-24-32(2,3)37-33(4,5)25-28)31(40)43-29-26-34(6,7)38-35(8,9)27-29;1-12-13-15-30(16-14-17-35-11,24(33)36-22-18-26(2,3)31-27(4,5)19-22)25(34)37-23-20-28(6,7)32(10)29(8,9)21-23/h28-29,37H,12-27H2,1-11H3;28-29,37-38H,11-27H2,1-10H3;22-23,31H,12-21H2,1-11H3. The summed E-state index contributed by atoms with van der Waals surface area (Å²) < 4.78 is 65.2. The first kappa shape index (κ1) is 114. The number of methoxy groups -OCH3 is 3. The largest absolute Gasteiger partial charge is 0.465 e. The molecule has 0 bridgehead atoms. The molecule has 0 aromatic rings. The van der Waals surface area contributed by atoms with Gasteiger partial charge in [-0.05, 0) is 264 Å². The molecule has 6 aliphatic heterocycles. The maximum absolute atomic E-state index is 14.4. The predicted molar refractivity (Wildman–Crippen MR) is 504 cm³/mol. The van der Waals surface area contributed by atoms with Crippen LogP contribution in [-0.4, -0.2) is 230 Å². The normalized spacial score (nSPS) is 23.2. The van der Waals surface area contributed by atoms with Crippen molar-refractivity contribution in [2.45, 2.75) is 521 Å². The van der Waals surface area contributed by atoms with Crippen LogP contribution < -0.4 is 21.3 Å². The van der Waals surface area contributed by atoms with E-state index in [2.05, 4.69) is 232 Å². The number of carbonyl (C=O) groups is 6. The minimum atomic E-state index is -1.33. The Morgan fingerprint density at radius 2 is 0.464 bits per heavy atom. The van der Waals surface area contributed by atoms with E-state index in [1.807, 2.05) is 0 Å². The van der Waals surface area contributed by atoms with Crippen molar-refractivity contribution in [1.82, 2.24) is 31.1 Å². The minimum absolute atomic E-state index is 0.00713. The van der Waals surface area contributed by atoms with Crippen LogP contribution in [0.4, 0.5) is 0 Å². The van der Waals surface area contributed by atoms with Gasteiger partial charge in [0, 0.05) is 172 Å². The Bertz CT molecular complexity index is 3080. The van der Waals surface area contributed by atoms with E-state index in [9.17, 15) is 28.8 Å². The molecule has 6 saturated heterocycles. The van der Waals surface area contributed by atoms with Crippen LogP contribution in [0.5, 0.6) is 0 Å². The number of nitrogens with one attached hydrogen (secondary N) is 4. The van der Waals surface area contributed by atoms with Gasteiger partial charge in [-0.2, -0.15) is 0 Å². The highest BCUT2D eigenvalue weighted by Crippen LogP contribution is 2.46. The molecule has 0 spiro atoms. The number of likely N-dealkylation sites (tertiary alicyclic amines) is 2. The van der Waals surface area contributed by atoms with Crippen LogP contribution in [0.2, 0.25) is 0 Å². The molecule has 0 aromatic carbocycles. The molecule has 0 radical (unpaired) electrons. The van der Waals surface area contributed by atoms with Crippen LogP contribution in [0.1, 0.15) is 418 Å². The highest BCUT2D eigenvalue weighted by molar-refractivity contribution is 6.01. The van der Waals surface area contributed by atoms with E-state index in [0.717, 1.165) is 83.5 Å². The zero-order valence-electron chi connectivity index (χ0n) is 86.2. The predicted octanol–water partition coefficient (Wildman–Crippen LogP) is 20.1. The summed E-state index contributed by atoms with van der Waals surface area (Å²) >= 11 is 0. The second kappa shape index (κ2) is 49.4. The lowest BCUT2D eigenvalue weighted by Gasteiger charge is -2.53. The number of esters is 6. The van der Waals surface area contributed by atoms with Gasteiger partial charge in [-0.25, -0.2) is 0 Å². The zero-order valence-corrected chi connectivity index (χ0v) is 86.2. The van der Waals surface area contributed by atoms with Gasteiger partial charge in [-0.3, -0.25) is 38.6 Å². The number of hydrogen-bond donors (Lipinski definition) is 4. The van der Waals surface area contributed by atoms with Crippen LogP contribution in [0.25, 0.3) is 0 Å². The number of piperidine rings is 6. The molecule has 6 aliphatic rings. The van der Waals surface area contributed by atoms with Crippen molar-refractivity contribution in [2.75, 3.05) is 81.7 Å². The third-order valence-electron chi connectivity index (χ3n) is 27.8. The van der Waals surface area contributed by atoms with E-state index in [4.69, 9.17) is 52.1 Å². The van der Waals surface area contributed by atoms with Gasteiger partial charge in [0.25, 0.3) is 0 Å². The molecule has 2 atom stereocenters. The first-order chi connectivity index (χ1) is 57.7. The first-order valence-electron chi connectivity index (χ1n) is 49.3. The highest BCUT2D eigenvalue weighted by Gasteiger charge is 2.56. The number of hydrogen-bond acceptors (Lipinski definition) is 23.